The van der Waals surface area contributed by atoms with Gasteiger partial charge in [-0.15, -0.1) is 11.3 Å². The zero-order chi connectivity index (χ0) is 20.5. The number of carbonyl (C=O) groups is 1. The van der Waals surface area contributed by atoms with E-state index in [0.29, 0.717) is 11.0 Å². The van der Waals surface area contributed by atoms with E-state index >= 15 is 0 Å². The first-order valence-corrected chi connectivity index (χ1v) is 9.73. The molecule has 0 saturated carbocycles. The largest absolute Gasteiger partial charge is 0.481 e. The lowest BCUT2D eigenvalue weighted by molar-refractivity contribution is 0.0691. The molecule has 7 nitrogen and oxygen atoms in total. The maximum absolute atomic E-state index is 11.3. The van der Waals surface area contributed by atoms with E-state index in [1.54, 1.807) is 17.9 Å². The maximum atomic E-state index is 11.3. The van der Waals surface area contributed by atoms with Gasteiger partial charge in [0.05, 0.1) is 24.2 Å². The molecule has 8 heteroatoms. The van der Waals surface area contributed by atoms with Crippen molar-refractivity contribution in [3.63, 3.8) is 0 Å². The standard InChI is InChI=1S/C21H18N4O3S/c1-12-18(14-7-5-4-6-8-14)24-25(21-23-16(11-29-21)20(26)27)19(12)15-9-10-17(28-3)22-13(15)2/h4-11H,1-3H3,(H,26,27). The summed E-state index contributed by atoms with van der Waals surface area (Å²) < 4.78 is 6.93. The van der Waals surface area contributed by atoms with Gasteiger partial charge in [-0.2, -0.15) is 5.10 Å². The summed E-state index contributed by atoms with van der Waals surface area (Å²) in [5.74, 6) is -0.538. The highest BCUT2D eigenvalue weighted by atomic mass is 32.1. The minimum atomic E-state index is -1.07. The van der Waals surface area contributed by atoms with Crippen LogP contribution in [0.15, 0.2) is 47.8 Å². The molecule has 0 atom stereocenters. The van der Waals surface area contributed by atoms with Crippen LogP contribution in [0.2, 0.25) is 0 Å². The summed E-state index contributed by atoms with van der Waals surface area (Å²) in [5, 5.41) is 16.1. The first-order valence-electron chi connectivity index (χ1n) is 8.86. The number of aromatic nitrogens is 4. The number of benzene rings is 1. The average Bonchev–Trinajstić information content (AvgIpc) is 3.34. The van der Waals surface area contributed by atoms with E-state index < -0.39 is 5.97 Å². The Morgan fingerprint density at radius 3 is 2.48 bits per heavy atom. The van der Waals surface area contributed by atoms with Crippen molar-refractivity contribution in [3.8, 4) is 33.5 Å². The minimum Gasteiger partial charge on any atom is -0.481 e. The molecule has 146 valence electrons. The number of ether oxygens (including phenoxy) is 1. The lowest BCUT2D eigenvalue weighted by Gasteiger charge is -2.10. The van der Waals surface area contributed by atoms with Gasteiger partial charge in [-0.3, -0.25) is 0 Å². The fraction of sp³-hybridized carbons (Fsp3) is 0.143. The topological polar surface area (TPSA) is 90.1 Å². The highest BCUT2D eigenvalue weighted by molar-refractivity contribution is 7.12. The first-order chi connectivity index (χ1) is 14.0. The molecular weight excluding hydrogens is 388 g/mol. The summed E-state index contributed by atoms with van der Waals surface area (Å²) in [6, 6.07) is 13.6. The van der Waals surface area contributed by atoms with Gasteiger partial charge in [-0.05, 0) is 19.9 Å². The van der Waals surface area contributed by atoms with Crippen molar-refractivity contribution in [1.29, 1.82) is 0 Å². The second-order valence-electron chi connectivity index (χ2n) is 6.41. The zero-order valence-corrected chi connectivity index (χ0v) is 16.9. The molecule has 0 aliphatic carbocycles. The Labute approximate surface area is 171 Å². The van der Waals surface area contributed by atoms with E-state index in [2.05, 4.69) is 9.97 Å². The third kappa shape index (κ3) is 3.38. The van der Waals surface area contributed by atoms with Crippen molar-refractivity contribution in [3.05, 3.63) is 64.8 Å². The van der Waals surface area contributed by atoms with Gasteiger partial charge in [-0.1, -0.05) is 30.3 Å². The van der Waals surface area contributed by atoms with Crippen LogP contribution < -0.4 is 4.74 Å². The molecule has 29 heavy (non-hydrogen) atoms. The monoisotopic (exact) mass is 406 g/mol. The maximum Gasteiger partial charge on any atom is 0.355 e. The van der Waals surface area contributed by atoms with Gasteiger partial charge in [0.2, 0.25) is 11.0 Å². The highest BCUT2D eigenvalue weighted by Crippen LogP contribution is 2.36. The van der Waals surface area contributed by atoms with Gasteiger partial charge < -0.3 is 9.84 Å². The number of aryl methyl sites for hydroxylation is 1. The summed E-state index contributed by atoms with van der Waals surface area (Å²) in [7, 11) is 1.58. The smallest absolute Gasteiger partial charge is 0.355 e. The third-order valence-corrected chi connectivity index (χ3v) is 5.40. The minimum absolute atomic E-state index is 0.00468. The summed E-state index contributed by atoms with van der Waals surface area (Å²) >= 11 is 1.23. The van der Waals surface area contributed by atoms with Gasteiger partial charge in [-0.25, -0.2) is 19.4 Å². The van der Waals surface area contributed by atoms with Crippen molar-refractivity contribution in [2.45, 2.75) is 13.8 Å². The quantitative estimate of drug-likeness (QED) is 0.529. The van der Waals surface area contributed by atoms with Crippen molar-refractivity contribution < 1.29 is 14.6 Å². The molecule has 3 heterocycles. The van der Waals surface area contributed by atoms with Crippen molar-refractivity contribution >= 4 is 17.3 Å². The average molecular weight is 406 g/mol. The molecule has 0 amide bonds. The Kier molecular flexibility index (Phi) is 4.85. The Hall–Kier alpha value is -3.52. The third-order valence-electron chi connectivity index (χ3n) is 4.59. The molecule has 4 rings (SSSR count). The zero-order valence-electron chi connectivity index (χ0n) is 16.1. The summed E-state index contributed by atoms with van der Waals surface area (Å²) in [6.45, 7) is 3.90. The van der Waals surface area contributed by atoms with Gasteiger partial charge in [0.1, 0.15) is 0 Å². The fourth-order valence-electron chi connectivity index (χ4n) is 3.18. The molecule has 0 unspecified atom stereocenters. The molecule has 0 spiro atoms. The molecule has 0 radical (unpaired) electrons. The van der Waals surface area contributed by atoms with E-state index in [9.17, 15) is 9.90 Å². The second kappa shape index (κ2) is 7.48. The summed E-state index contributed by atoms with van der Waals surface area (Å²) in [6.07, 6.45) is 0. The molecule has 1 N–H and O–H groups in total. The molecule has 0 aliphatic rings. The lowest BCUT2D eigenvalue weighted by atomic mass is 10.0. The fourth-order valence-corrected chi connectivity index (χ4v) is 3.94. The van der Waals surface area contributed by atoms with Gasteiger partial charge >= 0.3 is 5.97 Å². The normalized spacial score (nSPS) is 10.9. The Morgan fingerprint density at radius 1 is 1.10 bits per heavy atom. The Morgan fingerprint density at radius 2 is 1.86 bits per heavy atom. The van der Waals surface area contributed by atoms with Gasteiger partial charge in [0.15, 0.2) is 5.69 Å². The van der Waals surface area contributed by atoms with Crippen LogP contribution in [0.5, 0.6) is 5.88 Å². The number of carboxylic acids is 1. The van der Waals surface area contributed by atoms with Crippen LogP contribution in [0.3, 0.4) is 0 Å². The number of carboxylic acid groups (broad SMARTS) is 1. The second-order valence-corrected chi connectivity index (χ2v) is 7.24. The van der Waals surface area contributed by atoms with E-state index in [0.717, 1.165) is 33.8 Å². The Bertz CT molecular complexity index is 1200. The predicted molar refractivity (Wildman–Crippen MR) is 111 cm³/mol. The van der Waals surface area contributed by atoms with Crippen molar-refractivity contribution in [2.24, 2.45) is 0 Å². The van der Waals surface area contributed by atoms with Crippen LogP contribution in [-0.4, -0.2) is 37.9 Å². The van der Waals surface area contributed by atoms with Crippen LogP contribution in [0.1, 0.15) is 21.7 Å². The van der Waals surface area contributed by atoms with E-state index in [4.69, 9.17) is 9.84 Å². The number of methoxy groups -OCH3 is 1. The molecule has 0 bridgehead atoms. The van der Waals surface area contributed by atoms with Gasteiger partial charge in [0, 0.05) is 28.1 Å². The molecule has 0 fully saturated rings. The first kappa shape index (κ1) is 18.8. The molecule has 4 aromatic rings. The van der Waals surface area contributed by atoms with Crippen LogP contribution in [-0.2, 0) is 0 Å². The SMILES string of the molecule is COc1ccc(-c2c(C)c(-c3ccccc3)nn2-c2nc(C(=O)O)cs2)c(C)n1. The number of nitrogens with zero attached hydrogens (tertiary/aromatic N) is 4. The molecule has 3 aromatic heterocycles. The molecule has 1 aromatic carbocycles. The van der Waals surface area contributed by atoms with Crippen molar-refractivity contribution in [1.82, 2.24) is 19.7 Å². The van der Waals surface area contributed by atoms with Crippen LogP contribution in [0, 0.1) is 13.8 Å². The van der Waals surface area contributed by atoms with Crippen LogP contribution >= 0.6 is 11.3 Å². The number of aromatic carboxylic acids is 1. The Balaban J connectivity index is 1.97. The van der Waals surface area contributed by atoms with E-state index in [1.165, 1.54) is 16.7 Å². The van der Waals surface area contributed by atoms with E-state index in [-0.39, 0.29) is 5.69 Å². The highest BCUT2D eigenvalue weighted by Gasteiger charge is 2.23. The van der Waals surface area contributed by atoms with Crippen LogP contribution in [0.25, 0.3) is 27.6 Å². The van der Waals surface area contributed by atoms with Gasteiger partial charge in [0.25, 0.3) is 0 Å². The van der Waals surface area contributed by atoms with E-state index in [1.807, 2.05) is 50.2 Å². The number of hydrogen-bond acceptors (Lipinski definition) is 6. The summed E-state index contributed by atoms with van der Waals surface area (Å²) in [4.78, 5) is 20.0. The number of thiazole rings is 1. The predicted octanol–water partition coefficient (Wildman–Crippen LogP) is 4.38. The number of rotatable bonds is 5. The molecular formula is C21H18N4O3S. The summed E-state index contributed by atoms with van der Waals surface area (Å²) in [5.41, 5.74) is 5.21. The molecule has 0 aliphatic heterocycles. The lowest BCUT2D eigenvalue weighted by Crippen LogP contribution is -2.03. The number of pyridine rings is 1. The van der Waals surface area contributed by atoms with Crippen molar-refractivity contribution in [2.75, 3.05) is 7.11 Å². The molecule has 0 saturated heterocycles. The number of hydrogen-bond donors (Lipinski definition) is 1. The van der Waals surface area contributed by atoms with Crippen LogP contribution in [0.4, 0.5) is 0 Å².